The van der Waals surface area contributed by atoms with Gasteiger partial charge in [-0.3, -0.25) is 0 Å². The summed E-state index contributed by atoms with van der Waals surface area (Å²) in [6, 6.07) is 25.3. The van der Waals surface area contributed by atoms with E-state index in [9.17, 15) is 0 Å². The van der Waals surface area contributed by atoms with Crippen LogP contribution >= 0.6 is 11.6 Å². The largest absolute Gasteiger partial charge is 0.489 e. The lowest BCUT2D eigenvalue weighted by atomic mass is 10.2. The summed E-state index contributed by atoms with van der Waals surface area (Å²) in [6.07, 6.45) is 1.65. The van der Waals surface area contributed by atoms with E-state index in [2.05, 4.69) is 4.98 Å². The molecule has 4 aromatic rings. The van der Waals surface area contributed by atoms with Crippen LogP contribution in [0.2, 0.25) is 5.02 Å². The summed E-state index contributed by atoms with van der Waals surface area (Å²) in [7, 11) is 0. The molecule has 0 bridgehead atoms. The van der Waals surface area contributed by atoms with Gasteiger partial charge in [0.25, 0.3) is 0 Å². The van der Waals surface area contributed by atoms with Crippen molar-refractivity contribution in [3.8, 4) is 28.5 Å². The highest BCUT2D eigenvalue weighted by Gasteiger charge is 2.09. The molecule has 3 aromatic carbocycles. The molecular formula is C22H16ClNO2. The van der Waals surface area contributed by atoms with E-state index >= 15 is 0 Å². The third kappa shape index (κ3) is 3.79. The van der Waals surface area contributed by atoms with Crippen LogP contribution in [0, 0.1) is 0 Å². The molecule has 0 atom stereocenters. The van der Waals surface area contributed by atoms with E-state index in [-0.39, 0.29) is 0 Å². The maximum absolute atomic E-state index is 5.92. The molecular weight excluding hydrogens is 346 g/mol. The van der Waals surface area contributed by atoms with E-state index in [1.165, 1.54) is 0 Å². The van der Waals surface area contributed by atoms with Gasteiger partial charge in [-0.15, -0.1) is 0 Å². The van der Waals surface area contributed by atoms with E-state index in [1.54, 1.807) is 6.26 Å². The number of aromatic nitrogens is 1. The minimum Gasteiger partial charge on any atom is -0.489 e. The first-order valence-electron chi connectivity index (χ1n) is 8.26. The average Bonchev–Trinajstić information content (AvgIpc) is 3.18. The molecule has 3 nitrogen and oxygen atoms in total. The molecule has 4 rings (SSSR count). The Hall–Kier alpha value is -3.04. The molecule has 128 valence electrons. The second-order valence-electron chi connectivity index (χ2n) is 5.84. The zero-order valence-corrected chi connectivity index (χ0v) is 14.7. The highest BCUT2D eigenvalue weighted by molar-refractivity contribution is 6.30. The summed E-state index contributed by atoms with van der Waals surface area (Å²) in [5, 5.41) is 0.698. The zero-order valence-electron chi connectivity index (χ0n) is 13.9. The molecule has 0 aliphatic carbocycles. The van der Waals surface area contributed by atoms with Crippen LogP contribution < -0.4 is 4.74 Å². The summed E-state index contributed by atoms with van der Waals surface area (Å²) in [5.74, 6) is 1.38. The van der Waals surface area contributed by atoms with Crippen molar-refractivity contribution in [2.24, 2.45) is 0 Å². The predicted molar refractivity (Wildman–Crippen MR) is 103 cm³/mol. The number of halogens is 1. The maximum Gasteiger partial charge on any atom is 0.226 e. The van der Waals surface area contributed by atoms with Crippen molar-refractivity contribution < 1.29 is 9.15 Å². The molecule has 0 fully saturated rings. The van der Waals surface area contributed by atoms with Gasteiger partial charge >= 0.3 is 0 Å². The molecule has 0 aliphatic rings. The summed E-state index contributed by atoms with van der Waals surface area (Å²) >= 11 is 5.92. The van der Waals surface area contributed by atoms with Gasteiger partial charge in [0.05, 0.1) is 0 Å². The highest BCUT2D eigenvalue weighted by atomic mass is 35.5. The van der Waals surface area contributed by atoms with Crippen molar-refractivity contribution in [3.63, 3.8) is 0 Å². The Balaban J connectivity index is 1.46. The van der Waals surface area contributed by atoms with Gasteiger partial charge in [0.15, 0.2) is 0 Å². The Morgan fingerprint density at radius 1 is 0.808 bits per heavy atom. The fourth-order valence-electron chi connectivity index (χ4n) is 2.59. The number of rotatable bonds is 5. The van der Waals surface area contributed by atoms with Gasteiger partial charge < -0.3 is 9.15 Å². The summed E-state index contributed by atoms with van der Waals surface area (Å²) in [5.41, 5.74) is 3.78. The van der Waals surface area contributed by atoms with Gasteiger partial charge in [0.2, 0.25) is 5.89 Å². The Morgan fingerprint density at radius 3 is 2.23 bits per heavy atom. The van der Waals surface area contributed by atoms with Crippen LogP contribution in [0.15, 0.2) is 89.5 Å². The van der Waals surface area contributed by atoms with Crippen molar-refractivity contribution in [1.82, 2.24) is 4.98 Å². The summed E-state index contributed by atoms with van der Waals surface area (Å²) in [6.45, 7) is 0.542. The van der Waals surface area contributed by atoms with Crippen molar-refractivity contribution in [3.05, 3.63) is 95.7 Å². The van der Waals surface area contributed by atoms with Crippen LogP contribution in [-0.4, -0.2) is 4.98 Å². The van der Waals surface area contributed by atoms with Crippen LogP contribution in [0.25, 0.3) is 22.7 Å². The van der Waals surface area contributed by atoms with Crippen LogP contribution in [0.1, 0.15) is 5.56 Å². The molecule has 4 heteroatoms. The van der Waals surface area contributed by atoms with E-state index < -0.39 is 0 Å². The second-order valence-corrected chi connectivity index (χ2v) is 6.28. The zero-order chi connectivity index (χ0) is 17.8. The third-order valence-corrected chi connectivity index (χ3v) is 4.25. The minimum absolute atomic E-state index is 0.542. The van der Waals surface area contributed by atoms with Crippen molar-refractivity contribution in [1.29, 1.82) is 0 Å². The molecule has 1 heterocycles. The number of oxazole rings is 1. The molecule has 0 unspecified atom stereocenters. The quantitative estimate of drug-likeness (QED) is 0.422. The van der Waals surface area contributed by atoms with Gasteiger partial charge in [0, 0.05) is 16.1 Å². The lowest BCUT2D eigenvalue weighted by molar-refractivity contribution is 0.306. The normalized spacial score (nSPS) is 10.7. The van der Waals surface area contributed by atoms with Gasteiger partial charge in [0.1, 0.15) is 24.3 Å². The predicted octanol–water partition coefficient (Wildman–Crippen LogP) is 6.24. The Morgan fingerprint density at radius 2 is 1.50 bits per heavy atom. The SMILES string of the molecule is Clc1ccc(-c2coc(-c3ccc(OCc4ccccc4)cc3)n2)cc1. The van der Waals surface area contributed by atoms with E-state index in [0.29, 0.717) is 17.5 Å². The molecule has 26 heavy (non-hydrogen) atoms. The summed E-state index contributed by atoms with van der Waals surface area (Å²) in [4.78, 5) is 4.55. The highest BCUT2D eigenvalue weighted by Crippen LogP contribution is 2.27. The van der Waals surface area contributed by atoms with Crippen LogP contribution in [0.3, 0.4) is 0 Å². The number of hydrogen-bond acceptors (Lipinski definition) is 3. The maximum atomic E-state index is 5.92. The van der Waals surface area contributed by atoms with Crippen molar-refractivity contribution >= 4 is 11.6 Å². The first-order valence-corrected chi connectivity index (χ1v) is 8.64. The number of ether oxygens (including phenoxy) is 1. The fraction of sp³-hybridized carbons (Fsp3) is 0.0455. The number of benzene rings is 3. The Kier molecular flexibility index (Phi) is 4.71. The molecule has 0 saturated heterocycles. The lowest BCUT2D eigenvalue weighted by Crippen LogP contribution is -1.94. The van der Waals surface area contributed by atoms with Crippen LogP contribution in [0.5, 0.6) is 5.75 Å². The molecule has 1 aromatic heterocycles. The van der Waals surface area contributed by atoms with E-state index in [4.69, 9.17) is 20.8 Å². The number of nitrogens with zero attached hydrogens (tertiary/aromatic N) is 1. The summed E-state index contributed by atoms with van der Waals surface area (Å²) < 4.78 is 11.4. The van der Waals surface area contributed by atoms with Crippen LogP contribution in [0.4, 0.5) is 0 Å². The Labute approximate surface area is 156 Å². The van der Waals surface area contributed by atoms with E-state index in [0.717, 1.165) is 28.1 Å². The molecule has 0 amide bonds. The fourth-order valence-corrected chi connectivity index (χ4v) is 2.72. The average molecular weight is 362 g/mol. The second kappa shape index (κ2) is 7.46. The van der Waals surface area contributed by atoms with Crippen molar-refractivity contribution in [2.45, 2.75) is 6.61 Å². The molecule has 0 spiro atoms. The number of hydrogen-bond donors (Lipinski definition) is 0. The molecule has 0 aliphatic heterocycles. The molecule has 0 N–H and O–H groups in total. The van der Waals surface area contributed by atoms with Gasteiger partial charge in [-0.05, 0) is 42.0 Å². The third-order valence-electron chi connectivity index (χ3n) is 3.99. The van der Waals surface area contributed by atoms with Gasteiger partial charge in [-0.2, -0.15) is 0 Å². The van der Waals surface area contributed by atoms with E-state index in [1.807, 2.05) is 78.9 Å². The Bertz CT molecular complexity index is 977. The first-order chi connectivity index (χ1) is 12.8. The monoisotopic (exact) mass is 361 g/mol. The van der Waals surface area contributed by atoms with Gasteiger partial charge in [-0.1, -0.05) is 54.1 Å². The topological polar surface area (TPSA) is 35.3 Å². The molecule has 0 saturated carbocycles. The molecule has 0 radical (unpaired) electrons. The lowest BCUT2D eigenvalue weighted by Gasteiger charge is -2.06. The first kappa shape index (κ1) is 16.4. The smallest absolute Gasteiger partial charge is 0.226 e. The van der Waals surface area contributed by atoms with Crippen molar-refractivity contribution in [2.75, 3.05) is 0 Å². The standard InChI is InChI=1S/C22H16ClNO2/c23-19-10-6-17(7-11-19)21-15-26-22(24-21)18-8-12-20(13-9-18)25-14-16-4-2-1-3-5-16/h1-13,15H,14H2. The van der Waals surface area contributed by atoms with Gasteiger partial charge in [-0.25, -0.2) is 4.98 Å². The van der Waals surface area contributed by atoms with Crippen LogP contribution in [-0.2, 0) is 6.61 Å². The minimum atomic E-state index is 0.542.